The molecule has 0 spiro atoms. The molecule has 0 unspecified atom stereocenters. The van der Waals surface area contributed by atoms with Crippen LogP contribution in [0.3, 0.4) is 0 Å². The molecular weight excluding hydrogens is 250 g/mol. The second-order valence-electron chi connectivity index (χ2n) is 3.09. The van der Waals surface area contributed by atoms with E-state index in [0.717, 1.165) is 10.4 Å². The van der Waals surface area contributed by atoms with Gasteiger partial charge in [-0.2, -0.15) is 13.0 Å². The summed E-state index contributed by atoms with van der Waals surface area (Å²) in [5.41, 5.74) is 0.904. The summed E-state index contributed by atoms with van der Waals surface area (Å²) in [4.78, 5) is 0.902. The smallest absolute Gasteiger partial charge is 0.281 e. The molecule has 0 amide bonds. The highest BCUT2D eigenvalue weighted by Crippen LogP contribution is 2.19. The van der Waals surface area contributed by atoms with Crippen molar-refractivity contribution in [1.29, 1.82) is 0 Å². The molecule has 0 bridgehead atoms. The van der Waals surface area contributed by atoms with Gasteiger partial charge >= 0.3 is 10.1 Å². The van der Waals surface area contributed by atoms with E-state index < -0.39 is 16.0 Å². The third-order valence-corrected chi connectivity index (χ3v) is 3.19. The molecule has 2 rings (SSSR count). The van der Waals surface area contributed by atoms with Gasteiger partial charge in [-0.15, -0.1) is 5.10 Å². The fraction of sp³-hybridized carbons (Fsp3) is 0.125. The Bertz CT molecular complexity index is 563. The van der Waals surface area contributed by atoms with Crippen LogP contribution in [0, 0.1) is 0 Å². The Labute approximate surface area is 96.1 Å². The van der Waals surface area contributed by atoms with Gasteiger partial charge in [0.15, 0.2) is 12.4 Å². The Hall–Kier alpha value is -1.38. The second-order valence-corrected chi connectivity index (χ2v) is 5.30. The summed E-state index contributed by atoms with van der Waals surface area (Å²) in [6.45, 7) is 0. The molecule has 6 nitrogen and oxygen atoms in total. The lowest BCUT2D eigenvalue weighted by Crippen LogP contribution is -2.36. The van der Waals surface area contributed by atoms with Crippen LogP contribution in [0.15, 0.2) is 30.7 Å². The zero-order chi connectivity index (χ0) is 11.6. The van der Waals surface area contributed by atoms with Gasteiger partial charge in [-0.3, -0.25) is 4.55 Å². The van der Waals surface area contributed by atoms with Crippen molar-refractivity contribution in [3.8, 4) is 10.4 Å². The Kier molecular flexibility index (Phi) is 2.95. The van der Waals surface area contributed by atoms with Crippen molar-refractivity contribution in [2.75, 3.05) is 0 Å². The molecule has 0 radical (unpaired) electrons. The summed E-state index contributed by atoms with van der Waals surface area (Å²) in [5, 5.41) is 3.71. The number of nitrogens with zero attached hydrogens (tertiary/aromatic N) is 3. The highest BCUT2D eigenvalue weighted by atomic mass is 32.2. The second kappa shape index (κ2) is 4.24. The maximum atomic E-state index is 10.6. The molecule has 0 aliphatic rings. The molecule has 16 heavy (non-hydrogen) atoms. The lowest BCUT2D eigenvalue weighted by atomic mass is 10.2. The van der Waals surface area contributed by atoms with E-state index in [4.69, 9.17) is 4.55 Å². The normalized spacial score (nSPS) is 11.6. The Balaban J connectivity index is 2.24. The van der Waals surface area contributed by atoms with Crippen molar-refractivity contribution in [3.05, 3.63) is 30.7 Å². The molecule has 2 aromatic rings. The molecule has 0 atom stereocenters. The highest BCUT2D eigenvalue weighted by Gasteiger charge is 2.12. The van der Waals surface area contributed by atoms with Crippen LogP contribution < -0.4 is 4.57 Å². The topological polar surface area (TPSA) is 84.0 Å². The van der Waals surface area contributed by atoms with Gasteiger partial charge in [0.2, 0.25) is 0 Å². The number of rotatable bonds is 3. The van der Waals surface area contributed by atoms with E-state index in [0.29, 0.717) is 0 Å². The van der Waals surface area contributed by atoms with Crippen molar-refractivity contribution in [3.63, 3.8) is 0 Å². The lowest BCUT2D eigenvalue weighted by Gasteiger charge is -1.95. The quantitative estimate of drug-likeness (QED) is 0.634. The van der Waals surface area contributed by atoms with Gasteiger partial charge in [0.05, 0.1) is 11.1 Å². The minimum absolute atomic E-state index is 0.450. The molecule has 0 aromatic carbocycles. The van der Waals surface area contributed by atoms with Crippen LogP contribution >= 0.6 is 11.5 Å². The average molecular weight is 258 g/mol. The monoisotopic (exact) mass is 258 g/mol. The van der Waals surface area contributed by atoms with Gasteiger partial charge in [-0.05, 0) is 11.5 Å². The first kappa shape index (κ1) is 11.1. The van der Waals surface area contributed by atoms with E-state index >= 15 is 0 Å². The van der Waals surface area contributed by atoms with E-state index in [1.807, 2.05) is 0 Å². The van der Waals surface area contributed by atoms with E-state index in [1.54, 1.807) is 30.7 Å². The van der Waals surface area contributed by atoms with Crippen LogP contribution in [0.2, 0.25) is 0 Å². The molecule has 0 saturated heterocycles. The standard InChI is InChI=1S/C8H7N3O3S2/c12-16(13,14)6-11-3-1-7(2-4-11)8-5-9-10-15-8/h1-5H,6H2/p+1. The summed E-state index contributed by atoms with van der Waals surface area (Å²) in [5.74, 6) is -0.450. The summed E-state index contributed by atoms with van der Waals surface area (Å²) in [6.07, 6.45) is 4.78. The molecule has 84 valence electrons. The predicted molar refractivity (Wildman–Crippen MR) is 57.1 cm³/mol. The lowest BCUT2D eigenvalue weighted by molar-refractivity contribution is -0.678. The fourth-order valence-electron chi connectivity index (χ4n) is 1.19. The minimum Gasteiger partial charge on any atom is -0.281 e. The first-order valence-corrected chi connectivity index (χ1v) is 6.65. The first-order chi connectivity index (χ1) is 7.54. The molecule has 0 fully saturated rings. The van der Waals surface area contributed by atoms with Crippen LogP contribution in [0.4, 0.5) is 0 Å². The third-order valence-electron chi connectivity index (χ3n) is 1.85. The van der Waals surface area contributed by atoms with Gasteiger partial charge < -0.3 is 0 Å². The van der Waals surface area contributed by atoms with E-state index in [-0.39, 0.29) is 0 Å². The summed E-state index contributed by atoms with van der Waals surface area (Å²) in [7, 11) is -4.00. The SMILES string of the molecule is O=S(=O)(O)C[n+]1ccc(-c2cnns2)cc1. The van der Waals surface area contributed by atoms with Crippen LogP contribution in [0.1, 0.15) is 0 Å². The molecule has 2 aromatic heterocycles. The largest absolute Gasteiger partial charge is 0.326 e. The molecule has 0 aliphatic carbocycles. The molecular formula is C8H8N3O3S2+. The minimum atomic E-state index is -4.00. The molecule has 1 N–H and O–H groups in total. The van der Waals surface area contributed by atoms with E-state index in [2.05, 4.69) is 9.59 Å². The van der Waals surface area contributed by atoms with Crippen LogP contribution in [-0.4, -0.2) is 22.6 Å². The van der Waals surface area contributed by atoms with Crippen molar-refractivity contribution >= 4 is 21.7 Å². The third kappa shape index (κ3) is 2.81. The van der Waals surface area contributed by atoms with Gasteiger partial charge in [-0.25, -0.2) is 0 Å². The molecule has 0 saturated carbocycles. The van der Waals surface area contributed by atoms with Crippen molar-refractivity contribution in [2.24, 2.45) is 0 Å². The maximum Gasteiger partial charge on any atom is 0.326 e. The Morgan fingerprint density at radius 3 is 2.56 bits per heavy atom. The first-order valence-electron chi connectivity index (χ1n) is 4.26. The van der Waals surface area contributed by atoms with Gasteiger partial charge in [0.25, 0.3) is 5.88 Å². The van der Waals surface area contributed by atoms with Crippen molar-refractivity contribution < 1.29 is 17.5 Å². The zero-order valence-electron chi connectivity index (χ0n) is 8.02. The van der Waals surface area contributed by atoms with Crippen molar-refractivity contribution in [2.45, 2.75) is 5.88 Å². The zero-order valence-corrected chi connectivity index (χ0v) is 9.65. The number of pyridine rings is 1. The average Bonchev–Trinajstić information content (AvgIpc) is 2.69. The number of aromatic nitrogens is 3. The van der Waals surface area contributed by atoms with Gasteiger partial charge in [-0.1, -0.05) is 4.49 Å². The van der Waals surface area contributed by atoms with Crippen LogP contribution in [-0.2, 0) is 16.0 Å². The maximum absolute atomic E-state index is 10.6. The van der Waals surface area contributed by atoms with Gasteiger partial charge in [0.1, 0.15) is 0 Å². The number of hydrogen-bond acceptors (Lipinski definition) is 5. The van der Waals surface area contributed by atoms with Crippen molar-refractivity contribution in [1.82, 2.24) is 9.59 Å². The Morgan fingerprint density at radius 1 is 1.38 bits per heavy atom. The molecule has 0 aliphatic heterocycles. The molecule has 8 heteroatoms. The summed E-state index contributed by atoms with van der Waals surface area (Å²) >= 11 is 1.26. The van der Waals surface area contributed by atoms with Crippen LogP contribution in [0.5, 0.6) is 0 Å². The van der Waals surface area contributed by atoms with E-state index in [1.165, 1.54) is 16.1 Å². The predicted octanol–water partition coefficient (Wildman–Crippen LogP) is 0.338. The van der Waals surface area contributed by atoms with E-state index in [9.17, 15) is 8.42 Å². The summed E-state index contributed by atoms with van der Waals surface area (Å²) in [6, 6.07) is 3.47. The highest BCUT2D eigenvalue weighted by molar-refractivity contribution is 7.84. The molecule has 2 heterocycles. The van der Waals surface area contributed by atoms with Crippen LogP contribution in [0.25, 0.3) is 10.4 Å². The number of hydrogen-bond donors (Lipinski definition) is 1. The Morgan fingerprint density at radius 2 is 2.06 bits per heavy atom. The summed E-state index contributed by atoms with van der Waals surface area (Å²) < 4.78 is 35.0. The van der Waals surface area contributed by atoms with Gasteiger partial charge in [0, 0.05) is 17.7 Å². The fourth-order valence-corrected chi connectivity index (χ4v) is 2.26.